The second-order valence-electron chi connectivity index (χ2n) is 5.70. The summed E-state index contributed by atoms with van der Waals surface area (Å²) in [4.78, 5) is 4.68. The number of nitrogens with one attached hydrogen (secondary N) is 1. The normalized spacial score (nSPS) is 16.4. The Kier molecular flexibility index (Phi) is 5.07. The first kappa shape index (κ1) is 15.5. The van der Waals surface area contributed by atoms with E-state index in [1.54, 1.807) is 11.3 Å². The molecule has 6 nitrogen and oxygen atoms in total. The fraction of sp³-hybridized carbons (Fsp3) is 0.600. The Morgan fingerprint density at radius 3 is 2.73 bits per heavy atom. The van der Waals surface area contributed by atoms with Crippen molar-refractivity contribution < 1.29 is 0 Å². The molecule has 120 valence electrons. The molecule has 0 aromatic carbocycles. The number of likely N-dealkylation sites (N-methyl/N-ethyl adjacent to an activating group) is 1. The van der Waals surface area contributed by atoms with Crippen LogP contribution in [-0.4, -0.2) is 59.4 Å². The topological polar surface area (TPSA) is 49.2 Å². The van der Waals surface area contributed by atoms with E-state index in [-0.39, 0.29) is 0 Å². The van der Waals surface area contributed by atoms with Gasteiger partial charge in [-0.15, -0.1) is 10.2 Å². The molecule has 2 aromatic rings. The summed E-state index contributed by atoms with van der Waals surface area (Å²) in [5.74, 6) is 0. The van der Waals surface area contributed by atoms with Crippen molar-refractivity contribution in [3.05, 3.63) is 24.0 Å². The maximum Gasteiger partial charge on any atom is 0.218 e. The zero-order valence-corrected chi connectivity index (χ0v) is 14.1. The maximum atomic E-state index is 4.39. The van der Waals surface area contributed by atoms with Crippen LogP contribution in [0.15, 0.2) is 18.3 Å². The summed E-state index contributed by atoms with van der Waals surface area (Å²) in [6.07, 6.45) is 3.21. The van der Waals surface area contributed by atoms with Crippen molar-refractivity contribution in [2.24, 2.45) is 0 Å². The smallest absolute Gasteiger partial charge is 0.218 e. The number of anilines is 1. The number of nitrogens with zero attached hydrogens (tertiary/aromatic N) is 5. The number of rotatable bonds is 6. The fourth-order valence-electron chi connectivity index (χ4n) is 2.57. The highest BCUT2D eigenvalue weighted by Gasteiger charge is 2.18. The first-order chi connectivity index (χ1) is 10.8. The molecule has 0 radical (unpaired) electrons. The summed E-state index contributed by atoms with van der Waals surface area (Å²) >= 11 is 1.67. The van der Waals surface area contributed by atoms with Gasteiger partial charge < -0.3 is 15.1 Å². The molecule has 7 heteroatoms. The second-order valence-corrected chi connectivity index (χ2v) is 6.64. The van der Waals surface area contributed by atoms with Crippen LogP contribution < -0.4 is 10.2 Å². The van der Waals surface area contributed by atoms with Crippen molar-refractivity contribution in [2.45, 2.75) is 19.9 Å². The third kappa shape index (κ3) is 3.48. The molecule has 0 amide bonds. The summed E-state index contributed by atoms with van der Waals surface area (Å²) in [6, 6.07) is 4.21. The average molecular weight is 320 g/mol. The Labute approximate surface area is 135 Å². The number of aromatic nitrogens is 3. The van der Waals surface area contributed by atoms with E-state index in [1.807, 2.05) is 0 Å². The van der Waals surface area contributed by atoms with E-state index >= 15 is 0 Å². The third-order valence-corrected chi connectivity index (χ3v) is 4.93. The van der Waals surface area contributed by atoms with Gasteiger partial charge in [-0.1, -0.05) is 18.3 Å². The van der Waals surface area contributed by atoms with E-state index in [4.69, 9.17) is 0 Å². The molecule has 3 rings (SSSR count). The van der Waals surface area contributed by atoms with Gasteiger partial charge in [0.15, 0.2) is 0 Å². The summed E-state index contributed by atoms with van der Waals surface area (Å²) in [6.45, 7) is 8.32. The van der Waals surface area contributed by atoms with E-state index < -0.39 is 0 Å². The molecule has 0 unspecified atom stereocenters. The van der Waals surface area contributed by atoms with Crippen molar-refractivity contribution in [1.29, 1.82) is 0 Å². The van der Waals surface area contributed by atoms with Gasteiger partial charge >= 0.3 is 0 Å². The van der Waals surface area contributed by atoms with Gasteiger partial charge in [-0.05, 0) is 32.1 Å². The molecule has 0 bridgehead atoms. The highest BCUT2D eigenvalue weighted by Crippen LogP contribution is 2.25. The Hall–Kier alpha value is -1.44. The van der Waals surface area contributed by atoms with E-state index in [0.717, 1.165) is 56.0 Å². The van der Waals surface area contributed by atoms with Gasteiger partial charge in [0.25, 0.3) is 0 Å². The molecule has 3 heterocycles. The molecule has 1 aliphatic rings. The minimum atomic E-state index is 0.865. The highest BCUT2D eigenvalue weighted by molar-refractivity contribution is 7.17. The molecule has 2 aromatic heterocycles. The summed E-state index contributed by atoms with van der Waals surface area (Å²) in [7, 11) is 2.16. The van der Waals surface area contributed by atoms with Gasteiger partial charge in [0.1, 0.15) is 0 Å². The average Bonchev–Trinajstić information content (AvgIpc) is 3.17. The van der Waals surface area contributed by atoms with Gasteiger partial charge in [0.05, 0.1) is 0 Å². The molecule has 22 heavy (non-hydrogen) atoms. The number of hydrogen-bond donors (Lipinski definition) is 1. The zero-order valence-electron chi connectivity index (χ0n) is 13.3. The Morgan fingerprint density at radius 2 is 1.95 bits per heavy atom. The zero-order chi connectivity index (χ0) is 15.4. The lowest BCUT2D eigenvalue weighted by Gasteiger charge is -2.31. The summed E-state index contributed by atoms with van der Waals surface area (Å²) < 4.78 is 2.14. The van der Waals surface area contributed by atoms with Crippen molar-refractivity contribution in [1.82, 2.24) is 25.0 Å². The predicted molar refractivity (Wildman–Crippen MR) is 90.9 cm³/mol. The van der Waals surface area contributed by atoms with Crippen LogP contribution in [0.3, 0.4) is 0 Å². The molecule has 1 aliphatic heterocycles. The molecule has 0 saturated carbocycles. The molecular weight excluding hydrogens is 296 g/mol. The summed E-state index contributed by atoms with van der Waals surface area (Å²) in [5, 5.41) is 14.2. The van der Waals surface area contributed by atoms with Crippen molar-refractivity contribution in [3.63, 3.8) is 0 Å². The fourth-order valence-corrected chi connectivity index (χ4v) is 3.49. The van der Waals surface area contributed by atoms with Gasteiger partial charge in [-0.25, -0.2) is 0 Å². The molecule has 1 saturated heterocycles. The highest BCUT2D eigenvalue weighted by atomic mass is 32.1. The third-order valence-electron chi connectivity index (χ3n) is 3.95. The van der Waals surface area contributed by atoms with Crippen LogP contribution in [0.1, 0.15) is 19.0 Å². The van der Waals surface area contributed by atoms with Crippen LogP contribution >= 0.6 is 11.3 Å². The first-order valence-electron chi connectivity index (χ1n) is 7.92. The minimum absolute atomic E-state index is 0.865. The van der Waals surface area contributed by atoms with Crippen LogP contribution in [0, 0.1) is 0 Å². The number of hydrogen-bond acceptors (Lipinski definition) is 6. The van der Waals surface area contributed by atoms with Crippen LogP contribution in [0.4, 0.5) is 5.13 Å². The monoisotopic (exact) mass is 320 g/mol. The van der Waals surface area contributed by atoms with Crippen LogP contribution in [0.5, 0.6) is 0 Å². The van der Waals surface area contributed by atoms with Gasteiger partial charge in [0.2, 0.25) is 10.3 Å². The molecule has 1 fully saturated rings. The lowest BCUT2D eigenvalue weighted by molar-refractivity contribution is 0.312. The lowest BCUT2D eigenvalue weighted by Crippen LogP contribution is -2.44. The Balaban J connectivity index is 1.70. The molecule has 0 spiro atoms. The molecule has 0 aliphatic carbocycles. The molecule has 1 N–H and O–H groups in total. The van der Waals surface area contributed by atoms with Crippen molar-refractivity contribution in [2.75, 3.05) is 44.7 Å². The Morgan fingerprint density at radius 1 is 1.18 bits per heavy atom. The standard InChI is InChI=1S/C15H24N6S/c1-3-6-16-12-13-5-4-7-21(13)15-18-17-14(22-15)20-10-8-19(2)9-11-20/h4-5,7,16H,3,6,8-12H2,1-2H3. The lowest BCUT2D eigenvalue weighted by atomic mass is 10.3. The number of piperazine rings is 1. The molecule has 0 atom stereocenters. The van der Waals surface area contributed by atoms with Crippen LogP contribution in [-0.2, 0) is 6.54 Å². The molecular formula is C15H24N6S. The van der Waals surface area contributed by atoms with E-state index in [9.17, 15) is 0 Å². The predicted octanol–water partition coefficient (Wildman–Crippen LogP) is 1.58. The maximum absolute atomic E-state index is 4.39. The van der Waals surface area contributed by atoms with Crippen LogP contribution in [0.25, 0.3) is 5.13 Å². The quantitative estimate of drug-likeness (QED) is 0.819. The Bertz CT molecular complexity index is 584. The minimum Gasteiger partial charge on any atom is -0.344 e. The SMILES string of the molecule is CCCNCc1cccn1-c1nnc(N2CCN(C)CC2)s1. The van der Waals surface area contributed by atoms with E-state index in [2.05, 4.69) is 62.2 Å². The van der Waals surface area contributed by atoms with E-state index in [0.29, 0.717) is 0 Å². The van der Waals surface area contributed by atoms with Crippen molar-refractivity contribution >= 4 is 16.5 Å². The largest absolute Gasteiger partial charge is 0.344 e. The van der Waals surface area contributed by atoms with Gasteiger partial charge in [-0.2, -0.15) is 0 Å². The van der Waals surface area contributed by atoms with Gasteiger partial charge in [0, 0.05) is 44.6 Å². The van der Waals surface area contributed by atoms with Gasteiger partial charge in [-0.3, -0.25) is 4.57 Å². The summed E-state index contributed by atoms with van der Waals surface area (Å²) in [5.41, 5.74) is 1.23. The van der Waals surface area contributed by atoms with Crippen LogP contribution in [0.2, 0.25) is 0 Å². The van der Waals surface area contributed by atoms with E-state index in [1.165, 1.54) is 5.69 Å². The van der Waals surface area contributed by atoms with Crippen molar-refractivity contribution in [3.8, 4) is 5.13 Å². The second kappa shape index (κ2) is 7.21. The first-order valence-corrected chi connectivity index (χ1v) is 8.74.